The first kappa shape index (κ1) is 31.8. The fourth-order valence-corrected chi connectivity index (χ4v) is 9.22. The highest BCUT2D eigenvalue weighted by Gasteiger charge is 2.88. The van der Waals surface area contributed by atoms with Crippen LogP contribution in [0.5, 0.6) is 0 Å². The second kappa shape index (κ2) is 10.3. The van der Waals surface area contributed by atoms with Gasteiger partial charge in [-0.05, 0) is 48.5 Å². The molecule has 17 heteroatoms. The second-order valence-electron chi connectivity index (χ2n) is 8.13. The van der Waals surface area contributed by atoms with Gasteiger partial charge in [-0.3, -0.25) is 0 Å². The lowest BCUT2D eigenvalue weighted by Crippen LogP contribution is -2.63. The zero-order valence-corrected chi connectivity index (χ0v) is 22.2. The summed E-state index contributed by atoms with van der Waals surface area (Å²) in [4.78, 5) is -1.19. The second-order valence-corrected chi connectivity index (χ2v) is 14.7. The van der Waals surface area contributed by atoms with Crippen LogP contribution in [0.4, 0.5) is 39.5 Å². The van der Waals surface area contributed by atoms with Crippen molar-refractivity contribution in [2.24, 2.45) is 0 Å². The van der Waals surface area contributed by atoms with Crippen LogP contribution in [0.2, 0.25) is 0 Å². The molecule has 220 valence electrons. The van der Waals surface area contributed by atoms with Gasteiger partial charge in [-0.25, -0.2) is 13.0 Å². The van der Waals surface area contributed by atoms with Crippen LogP contribution in [0.15, 0.2) is 105 Å². The highest BCUT2D eigenvalue weighted by atomic mass is 32.3. The Balaban J connectivity index is 2.50. The van der Waals surface area contributed by atoms with Gasteiger partial charge in [0.05, 0.1) is 19.6 Å². The number of hydrogen-bond acceptors (Lipinski definition) is 3. The van der Waals surface area contributed by atoms with E-state index in [1.54, 1.807) is 0 Å². The van der Waals surface area contributed by atoms with E-state index in [-0.39, 0.29) is 19.6 Å². The largest absolute Gasteiger partial charge is 0.497 e. The first-order valence-corrected chi connectivity index (χ1v) is 15.4. The average Bonchev–Trinajstić information content (AvgIpc) is 2.87. The molecule has 0 aliphatic heterocycles. The van der Waals surface area contributed by atoms with Crippen molar-refractivity contribution in [1.82, 2.24) is 0 Å². The van der Waals surface area contributed by atoms with Gasteiger partial charge < -0.3 is 0 Å². The Kier molecular flexibility index (Phi) is 8.14. The van der Waals surface area contributed by atoms with E-state index in [1.165, 1.54) is 36.4 Å². The first-order chi connectivity index (χ1) is 18.1. The van der Waals surface area contributed by atoms with Crippen molar-refractivity contribution < 1.29 is 60.0 Å². The van der Waals surface area contributed by atoms with Gasteiger partial charge in [0.15, 0.2) is 20.1 Å². The van der Waals surface area contributed by atoms with Gasteiger partial charge in [-0.1, -0.05) is 36.4 Å². The molecule has 0 spiro atoms. The lowest BCUT2D eigenvalue weighted by molar-refractivity contribution is -0.382. The zero-order valence-electron chi connectivity index (χ0n) is 19.8. The van der Waals surface area contributed by atoms with Gasteiger partial charge in [0, 0.05) is 6.26 Å². The Morgan fingerprint density at radius 3 is 1.27 bits per heavy atom. The summed E-state index contributed by atoms with van der Waals surface area (Å²) in [6.07, 6.45) is -6.42. The molecule has 0 bridgehead atoms. The van der Waals surface area contributed by atoms with E-state index < -0.39 is 53.5 Å². The molecule has 40 heavy (non-hydrogen) atoms. The Morgan fingerprint density at radius 2 is 0.925 bits per heavy atom. The number of sulfone groups is 1. The fourth-order valence-electron chi connectivity index (χ4n) is 3.33. The maximum absolute atomic E-state index is 14.9. The molecule has 3 rings (SSSR count). The highest BCUT2D eigenvalue weighted by Crippen LogP contribution is 2.68. The van der Waals surface area contributed by atoms with E-state index in [9.17, 15) is 56.7 Å². The standard InChI is InChI=1S/C23H17F9O5S3/c1-38(33,34)16-12-14-19(15-13-16)39(17-8-4-2-5-9-17,18-10-6-3-7-11-18)37-40(35,36)23(31,32)21(26,27)20(24,25)22(28,29)30/h2-15H,1H3/p+1. The van der Waals surface area contributed by atoms with Crippen LogP contribution in [-0.4, -0.2) is 46.7 Å². The molecule has 5 nitrogen and oxygen atoms in total. The molecule has 1 unspecified atom stereocenters. The van der Waals surface area contributed by atoms with Crippen molar-refractivity contribution in [3.05, 3.63) is 84.9 Å². The first-order valence-electron chi connectivity index (χ1n) is 10.5. The summed E-state index contributed by atoms with van der Waals surface area (Å²) in [6, 6.07) is 16.2. The Morgan fingerprint density at radius 1 is 0.575 bits per heavy atom. The van der Waals surface area contributed by atoms with Crippen molar-refractivity contribution >= 4 is 30.3 Å². The van der Waals surface area contributed by atoms with Crippen molar-refractivity contribution in [1.29, 1.82) is 0 Å². The minimum Gasteiger partial charge on any atom is -0.240 e. The molecule has 0 aliphatic rings. The van der Waals surface area contributed by atoms with Gasteiger partial charge in [0.2, 0.25) is 0 Å². The lowest BCUT2D eigenvalue weighted by atomic mass is 10.1. The molecule has 0 amide bonds. The summed E-state index contributed by atoms with van der Waals surface area (Å²) in [6.45, 7) is 0. The molecule has 0 aromatic heterocycles. The lowest BCUT2D eigenvalue weighted by Gasteiger charge is -2.31. The molecule has 1 N–H and O–H groups in total. The smallest absolute Gasteiger partial charge is 0.240 e. The quantitative estimate of drug-likeness (QED) is 0.158. The predicted octanol–water partition coefficient (Wildman–Crippen LogP) is 7.35. The van der Waals surface area contributed by atoms with Crippen LogP contribution in [0, 0.1) is 0 Å². The molecule has 0 heterocycles. The number of benzene rings is 3. The number of hydrogen-bond donors (Lipinski definition) is 1. The van der Waals surface area contributed by atoms with Gasteiger partial charge in [-0.2, -0.15) is 39.5 Å². The van der Waals surface area contributed by atoms with Crippen molar-refractivity contribution in [2.45, 2.75) is 42.9 Å². The van der Waals surface area contributed by atoms with Crippen molar-refractivity contribution in [2.75, 3.05) is 6.26 Å². The number of alkyl halides is 9. The third kappa shape index (κ3) is 5.19. The van der Waals surface area contributed by atoms with Crippen molar-refractivity contribution in [3.63, 3.8) is 0 Å². The summed E-state index contributed by atoms with van der Waals surface area (Å²) < 4.78 is 175. The van der Waals surface area contributed by atoms with E-state index in [4.69, 9.17) is 3.29 Å². The third-order valence-electron chi connectivity index (χ3n) is 5.37. The van der Waals surface area contributed by atoms with E-state index >= 15 is 0 Å². The van der Waals surface area contributed by atoms with E-state index in [1.807, 2.05) is 0 Å². The monoisotopic (exact) mass is 641 g/mol. The molecule has 0 aliphatic carbocycles. The van der Waals surface area contributed by atoms with E-state index in [2.05, 4.69) is 0 Å². The maximum Gasteiger partial charge on any atom is 0.497 e. The van der Waals surface area contributed by atoms with Gasteiger partial charge >= 0.3 is 33.4 Å². The minimum absolute atomic E-state index is 0.253. The summed E-state index contributed by atoms with van der Waals surface area (Å²) in [5, 5.41) is -7.01. The van der Waals surface area contributed by atoms with Crippen LogP contribution in [-0.2, 0) is 23.2 Å². The van der Waals surface area contributed by atoms with Gasteiger partial charge in [0.1, 0.15) is 0 Å². The SMILES string of the molecule is CS(=O)(=O)c1ccc(S([O+]=S(=O)(O)C(F)(F)C(F)(F)C(F)(F)C(F)(F)F)(c2ccccc2)c2ccccc2)cc1. The maximum atomic E-state index is 14.9. The number of rotatable bonds is 8. The highest BCUT2D eigenvalue weighted by molar-refractivity contribution is 8.30. The summed E-state index contributed by atoms with van der Waals surface area (Å²) in [5.74, 6) is -14.9. The third-order valence-corrected chi connectivity index (χ3v) is 11.8. The summed E-state index contributed by atoms with van der Waals surface area (Å²) >= 11 is 0. The number of halogens is 9. The van der Waals surface area contributed by atoms with Gasteiger partial charge in [0.25, 0.3) is 0 Å². The normalized spacial score (nSPS) is 15.8. The van der Waals surface area contributed by atoms with Crippen LogP contribution >= 0.6 is 10.3 Å². The zero-order chi connectivity index (χ0) is 30.4. The molecule has 0 radical (unpaired) electrons. The predicted molar refractivity (Wildman–Crippen MR) is 127 cm³/mol. The molecule has 3 aromatic rings. The Hall–Kier alpha value is -2.76. The Labute approximate surface area is 224 Å². The molecule has 3 aromatic carbocycles. The van der Waals surface area contributed by atoms with E-state index in [0.29, 0.717) is 0 Å². The van der Waals surface area contributed by atoms with Crippen LogP contribution in [0.1, 0.15) is 0 Å². The molecular weight excluding hydrogens is 623 g/mol. The Bertz CT molecular complexity index is 1540. The average molecular weight is 642 g/mol. The van der Waals surface area contributed by atoms with Crippen LogP contribution < -0.4 is 0 Å². The minimum atomic E-state index is -7.46. The molecule has 0 fully saturated rings. The molecule has 0 saturated carbocycles. The van der Waals surface area contributed by atoms with Crippen LogP contribution in [0.3, 0.4) is 0 Å². The van der Waals surface area contributed by atoms with Crippen molar-refractivity contribution in [3.8, 4) is 0 Å². The molecular formula is C23H18F9O5S3+. The summed E-state index contributed by atoms with van der Waals surface area (Å²) in [7, 11) is -15.1. The van der Waals surface area contributed by atoms with E-state index in [0.717, 1.165) is 54.8 Å². The fraction of sp³-hybridized carbons (Fsp3) is 0.217. The molecule has 0 saturated heterocycles. The topological polar surface area (TPSA) is 82.7 Å². The molecule has 1 atom stereocenters. The van der Waals surface area contributed by atoms with Gasteiger partial charge in [-0.15, -0.1) is 7.49 Å². The van der Waals surface area contributed by atoms with Crippen LogP contribution in [0.25, 0.3) is 0 Å². The summed E-state index contributed by atoms with van der Waals surface area (Å²) in [5.41, 5.74) is 0.